The Hall–Kier alpha value is -5.20. The number of fused-ring (bicyclic) bond motifs is 8. The van der Waals surface area contributed by atoms with E-state index in [0.29, 0.717) is 0 Å². The molecule has 0 nitrogen and oxygen atoms in total. The maximum absolute atomic E-state index is 2.47. The minimum absolute atomic E-state index is 0.0402. The molecule has 0 aromatic heterocycles. The molecule has 2 aliphatic rings. The molecule has 9 rings (SSSR count). The Balaban J connectivity index is 1.30. The van der Waals surface area contributed by atoms with E-state index in [1.807, 2.05) is 0 Å². The Morgan fingerprint density at radius 1 is 0.455 bits per heavy atom. The molecule has 208 valence electrons. The molecule has 0 atom stereocenters. The summed E-state index contributed by atoms with van der Waals surface area (Å²) in [7, 11) is 0. The van der Waals surface area contributed by atoms with Crippen molar-refractivity contribution < 1.29 is 0 Å². The zero-order valence-corrected chi connectivity index (χ0v) is 25.1. The van der Waals surface area contributed by atoms with Crippen molar-refractivity contribution in [2.75, 3.05) is 0 Å². The fourth-order valence-electron chi connectivity index (χ4n) is 7.99. The van der Waals surface area contributed by atoms with Gasteiger partial charge in [0.05, 0.1) is 0 Å². The molecular formula is C44H32. The van der Waals surface area contributed by atoms with Gasteiger partial charge in [0.25, 0.3) is 0 Å². The molecule has 0 N–H and O–H groups in total. The molecule has 0 spiro atoms. The van der Waals surface area contributed by atoms with Gasteiger partial charge in [-0.3, -0.25) is 0 Å². The highest BCUT2D eigenvalue weighted by Crippen LogP contribution is 2.51. The lowest BCUT2D eigenvalue weighted by molar-refractivity contribution is 0.660. The van der Waals surface area contributed by atoms with Gasteiger partial charge in [0.2, 0.25) is 0 Å². The van der Waals surface area contributed by atoms with E-state index < -0.39 is 0 Å². The van der Waals surface area contributed by atoms with Crippen LogP contribution >= 0.6 is 0 Å². The van der Waals surface area contributed by atoms with Crippen LogP contribution in [0.15, 0.2) is 140 Å². The second kappa shape index (κ2) is 9.40. The summed E-state index contributed by atoms with van der Waals surface area (Å²) in [5.74, 6) is 0. The molecule has 44 heavy (non-hydrogen) atoms. The van der Waals surface area contributed by atoms with Gasteiger partial charge in [-0.25, -0.2) is 0 Å². The summed E-state index contributed by atoms with van der Waals surface area (Å²) in [6, 6.07) is 49.9. The van der Waals surface area contributed by atoms with Crippen molar-refractivity contribution in [3.63, 3.8) is 0 Å². The van der Waals surface area contributed by atoms with Gasteiger partial charge in [-0.2, -0.15) is 0 Å². The third-order valence-electron chi connectivity index (χ3n) is 10.1. The maximum Gasteiger partial charge on any atom is 0.0159 e. The molecule has 0 saturated heterocycles. The number of rotatable bonds is 2. The molecule has 0 bridgehead atoms. The molecule has 0 fully saturated rings. The Morgan fingerprint density at radius 2 is 0.977 bits per heavy atom. The summed E-state index contributed by atoms with van der Waals surface area (Å²) in [6.07, 6.45) is 5.58. The lowest BCUT2D eigenvalue weighted by atomic mass is 9.80. The lowest BCUT2D eigenvalue weighted by Crippen LogP contribution is -2.14. The molecular weight excluding hydrogens is 528 g/mol. The number of hydrogen-bond acceptors (Lipinski definition) is 0. The van der Waals surface area contributed by atoms with Crippen molar-refractivity contribution in [3.05, 3.63) is 162 Å². The molecule has 0 radical (unpaired) electrons. The van der Waals surface area contributed by atoms with Gasteiger partial charge in [0, 0.05) is 5.41 Å². The van der Waals surface area contributed by atoms with E-state index >= 15 is 0 Å². The van der Waals surface area contributed by atoms with Crippen LogP contribution in [0.25, 0.3) is 72.1 Å². The second-order valence-electron chi connectivity index (χ2n) is 12.8. The van der Waals surface area contributed by atoms with Crippen LogP contribution in [0.2, 0.25) is 0 Å². The van der Waals surface area contributed by atoms with Gasteiger partial charge in [-0.05, 0) is 107 Å². The Morgan fingerprint density at radius 3 is 1.66 bits per heavy atom. The zero-order valence-electron chi connectivity index (χ0n) is 25.1. The summed E-state index contributed by atoms with van der Waals surface area (Å²) in [5.41, 5.74) is 16.0. The van der Waals surface area contributed by atoms with Gasteiger partial charge in [0.1, 0.15) is 0 Å². The third-order valence-corrected chi connectivity index (χ3v) is 10.1. The molecule has 7 aromatic carbocycles. The summed E-state index contributed by atoms with van der Waals surface area (Å²) in [6.45, 7) is 4.73. The van der Waals surface area contributed by atoms with Crippen molar-refractivity contribution in [1.29, 1.82) is 0 Å². The van der Waals surface area contributed by atoms with Gasteiger partial charge in [0.15, 0.2) is 0 Å². The first-order valence-corrected chi connectivity index (χ1v) is 15.7. The molecule has 0 saturated carbocycles. The molecule has 0 amide bonds. The SMILES string of the molecule is CC1(C)c2ccccc2-c2ccc(-c3c4ccccc4c(-c4ccc5c(c4)C=CCc4ccccc4-5)c4ccccc34)cc21. The molecule has 0 heterocycles. The van der Waals surface area contributed by atoms with E-state index in [-0.39, 0.29) is 5.41 Å². The first-order valence-electron chi connectivity index (χ1n) is 15.7. The normalized spacial score (nSPS) is 14.1. The van der Waals surface area contributed by atoms with Crippen LogP contribution < -0.4 is 0 Å². The van der Waals surface area contributed by atoms with Crippen LogP contribution in [-0.2, 0) is 11.8 Å². The highest BCUT2D eigenvalue weighted by molar-refractivity contribution is 6.21. The van der Waals surface area contributed by atoms with Crippen molar-refractivity contribution >= 4 is 27.6 Å². The first kappa shape index (κ1) is 25.3. The molecule has 0 aliphatic heterocycles. The topological polar surface area (TPSA) is 0 Å². The standard InChI is InChI=1S/C44H32/c1-44(2)40-21-10-9-16-34(40)35-25-23-31(27-41(35)44)43-38-19-7-5-17-36(38)42(37-18-6-8-20-39(37)43)30-22-24-33-29(26-30)14-11-13-28-12-3-4-15-32(28)33/h3-12,14-27H,13H2,1-2H3. The minimum atomic E-state index is -0.0402. The predicted octanol–water partition coefficient (Wildman–Crippen LogP) is 11.9. The van der Waals surface area contributed by atoms with E-state index in [0.717, 1.165) is 6.42 Å². The summed E-state index contributed by atoms with van der Waals surface area (Å²) < 4.78 is 0. The molecule has 2 aliphatic carbocycles. The second-order valence-corrected chi connectivity index (χ2v) is 12.8. The van der Waals surface area contributed by atoms with Gasteiger partial charge in [-0.15, -0.1) is 0 Å². The number of allylic oxidation sites excluding steroid dienone is 1. The van der Waals surface area contributed by atoms with Gasteiger partial charge < -0.3 is 0 Å². The van der Waals surface area contributed by atoms with E-state index in [1.54, 1.807) is 0 Å². The highest BCUT2D eigenvalue weighted by atomic mass is 14.4. The fourth-order valence-corrected chi connectivity index (χ4v) is 7.99. The van der Waals surface area contributed by atoms with Gasteiger partial charge in [-0.1, -0.05) is 147 Å². The minimum Gasteiger partial charge on any atom is -0.0795 e. The smallest absolute Gasteiger partial charge is 0.0159 e. The van der Waals surface area contributed by atoms with Crippen LogP contribution in [-0.4, -0.2) is 0 Å². The fraction of sp³-hybridized carbons (Fsp3) is 0.0909. The quantitative estimate of drug-likeness (QED) is 0.185. The summed E-state index contributed by atoms with van der Waals surface area (Å²) in [5, 5.41) is 5.18. The Bertz CT molecular complexity index is 2270. The monoisotopic (exact) mass is 560 g/mol. The lowest BCUT2D eigenvalue weighted by Gasteiger charge is -2.23. The Labute approximate surface area is 259 Å². The van der Waals surface area contributed by atoms with E-state index in [1.165, 1.54) is 88.3 Å². The average molecular weight is 561 g/mol. The summed E-state index contributed by atoms with van der Waals surface area (Å²) >= 11 is 0. The molecule has 7 aromatic rings. The molecule has 0 unspecified atom stereocenters. The van der Waals surface area contributed by atoms with Crippen molar-refractivity contribution in [2.45, 2.75) is 25.7 Å². The van der Waals surface area contributed by atoms with Crippen LogP contribution in [0.3, 0.4) is 0 Å². The van der Waals surface area contributed by atoms with Crippen LogP contribution in [0.5, 0.6) is 0 Å². The number of hydrogen-bond donors (Lipinski definition) is 0. The largest absolute Gasteiger partial charge is 0.0795 e. The van der Waals surface area contributed by atoms with Crippen molar-refractivity contribution in [2.24, 2.45) is 0 Å². The number of benzene rings is 7. The predicted molar refractivity (Wildman–Crippen MR) is 188 cm³/mol. The molecule has 0 heteroatoms. The van der Waals surface area contributed by atoms with E-state index in [9.17, 15) is 0 Å². The van der Waals surface area contributed by atoms with Crippen LogP contribution in [0, 0.1) is 0 Å². The zero-order chi connectivity index (χ0) is 29.4. The highest BCUT2D eigenvalue weighted by Gasteiger charge is 2.35. The van der Waals surface area contributed by atoms with Gasteiger partial charge >= 0.3 is 0 Å². The average Bonchev–Trinajstić information content (AvgIpc) is 3.17. The van der Waals surface area contributed by atoms with Crippen LogP contribution in [0.4, 0.5) is 0 Å². The van der Waals surface area contributed by atoms with E-state index in [2.05, 4.69) is 159 Å². The van der Waals surface area contributed by atoms with Crippen LogP contribution in [0.1, 0.15) is 36.1 Å². The van der Waals surface area contributed by atoms with E-state index in [4.69, 9.17) is 0 Å². The summed E-state index contributed by atoms with van der Waals surface area (Å²) in [4.78, 5) is 0. The maximum atomic E-state index is 2.47. The first-order chi connectivity index (χ1) is 21.6. The van der Waals surface area contributed by atoms with Crippen molar-refractivity contribution in [3.8, 4) is 44.5 Å². The third kappa shape index (κ3) is 3.58. The Kier molecular flexibility index (Phi) is 5.41. The van der Waals surface area contributed by atoms with Crippen molar-refractivity contribution in [1.82, 2.24) is 0 Å².